The Balaban J connectivity index is 2.08. The van der Waals surface area contributed by atoms with Crippen LogP contribution in [0.1, 0.15) is 36.4 Å². The highest BCUT2D eigenvalue weighted by atomic mass is 15.3. The molecule has 0 aromatic carbocycles. The molecule has 2 aromatic heterocycles. The zero-order valence-electron chi connectivity index (χ0n) is 12.8. The summed E-state index contributed by atoms with van der Waals surface area (Å²) in [5.74, 6) is 0.668. The largest absolute Gasteiger partial charge is 0.312 e. The molecular weight excluding hydrogens is 248 g/mol. The number of pyridine rings is 1. The normalized spacial score (nSPS) is 11.2. The highest BCUT2D eigenvalue weighted by Gasteiger charge is 2.11. The summed E-state index contributed by atoms with van der Waals surface area (Å²) in [7, 11) is 0. The van der Waals surface area contributed by atoms with E-state index < -0.39 is 0 Å². The van der Waals surface area contributed by atoms with Crippen LogP contribution in [0, 0.1) is 19.8 Å². The number of aryl methyl sites for hydroxylation is 1. The average molecular weight is 272 g/mol. The lowest BCUT2D eigenvalue weighted by Crippen LogP contribution is -2.19. The topological polar surface area (TPSA) is 42.7 Å². The second-order valence-electron chi connectivity index (χ2n) is 5.69. The zero-order valence-corrected chi connectivity index (χ0v) is 12.8. The molecule has 0 spiro atoms. The van der Waals surface area contributed by atoms with E-state index in [1.807, 2.05) is 12.3 Å². The predicted molar refractivity (Wildman–Crippen MR) is 81.6 cm³/mol. The molecule has 4 nitrogen and oxygen atoms in total. The van der Waals surface area contributed by atoms with E-state index in [9.17, 15) is 0 Å². The lowest BCUT2D eigenvalue weighted by Gasteiger charge is -2.08. The lowest BCUT2D eigenvalue weighted by molar-refractivity contribution is 0.550. The maximum atomic E-state index is 4.65. The average Bonchev–Trinajstić information content (AvgIpc) is 2.67. The zero-order chi connectivity index (χ0) is 14.5. The SMILES string of the molecule is Cc1nn(Cc2cccnc2)c(C)c1CNCC(C)C. The van der Waals surface area contributed by atoms with Crippen LogP contribution in [0.3, 0.4) is 0 Å². The highest BCUT2D eigenvalue weighted by molar-refractivity contribution is 5.25. The highest BCUT2D eigenvalue weighted by Crippen LogP contribution is 2.14. The third-order valence-corrected chi connectivity index (χ3v) is 3.44. The fraction of sp³-hybridized carbons (Fsp3) is 0.500. The molecular formula is C16H24N4. The molecule has 108 valence electrons. The molecule has 0 aliphatic carbocycles. The summed E-state index contributed by atoms with van der Waals surface area (Å²) in [4.78, 5) is 4.16. The van der Waals surface area contributed by atoms with E-state index in [-0.39, 0.29) is 0 Å². The molecule has 20 heavy (non-hydrogen) atoms. The van der Waals surface area contributed by atoms with Crippen LogP contribution in [0.5, 0.6) is 0 Å². The minimum Gasteiger partial charge on any atom is -0.312 e. The van der Waals surface area contributed by atoms with Gasteiger partial charge in [-0.1, -0.05) is 19.9 Å². The Morgan fingerprint density at radius 2 is 2.10 bits per heavy atom. The molecule has 0 saturated heterocycles. The Kier molecular flexibility index (Phi) is 4.90. The van der Waals surface area contributed by atoms with Gasteiger partial charge >= 0.3 is 0 Å². The number of hydrogen-bond donors (Lipinski definition) is 1. The Bertz CT molecular complexity index is 543. The van der Waals surface area contributed by atoms with Crippen molar-refractivity contribution in [2.45, 2.75) is 40.8 Å². The van der Waals surface area contributed by atoms with Gasteiger partial charge in [-0.25, -0.2) is 0 Å². The molecule has 4 heteroatoms. The van der Waals surface area contributed by atoms with Crippen molar-refractivity contribution in [1.29, 1.82) is 0 Å². The standard InChI is InChI=1S/C16H24N4/c1-12(2)8-18-10-16-13(3)19-20(14(16)4)11-15-6-5-7-17-9-15/h5-7,9,12,18H,8,10-11H2,1-4H3. The van der Waals surface area contributed by atoms with Gasteiger partial charge in [-0.15, -0.1) is 0 Å². The van der Waals surface area contributed by atoms with Crippen LogP contribution < -0.4 is 5.32 Å². The molecule has 2 rings (SSSR count). The van der Waals surface area contributed by atoms with Crippen LogP contribution in [0.4, 0.5) is 0 Å². The van der Waals surface area contributed by atoms with Crippen molar-refractivity contribution in [3.8, 4) is 0 Å². The lowest BCUT2D eigenvalue weighted by atomic mass is 10.1. The van der Waals surface area contributed by atoms with Gasteiger partial charge in [-0.3, -0.25) is 9.67 Å². The molecule has 2 heterocycles. The second-order valence-corrected chi connectivity index (χ2v) is 5.69. The number of hydrogen-bond acceptors (Lipinski definition) is 3. The second kappa shape index (κ2) is 6.66. The molecule has 0 fully saturated rings. The molecule has 1 N–H and O–H groups in total. The van der Waals surface area contributed by atoms with Crippen LogP contribution >= 0.6 is 0 Å². The van der Waals surface area contributed by atoms with Crippen LogP contribution in [0.2, 0.25) is 0 Å². The van der Waals surface area contributed by atoms with E-state index in [2.05, 4.69) is 53.8 Å². The van der Waals surface area contributed by atoms with Gasteiger partial charge in [0.25, 0.3) is 0 Å². The molecule has 0 bridgehead atoms. The monoisotopic (exact) mass is 272 g/mol. The summed E-state index contributed by atoms with van der Waals surface area (Å²) in [6.45, 7) is 11.4. The van der Waals surface area contributed by atoms with Crippen LogP contribution in [0.25, 0.3) is 0 Å². The summed E-state index contributed by atoms with van der Waals surface area (Å²) in [6, 6.07) is 4.05. The van der Waals surface area contributed by atoms with Crippen molar-refractivity contribution in [3.05, 3.63) is 47.0 Å². The fourth-order valence-corrected chi connectivity index (χ4v) is 2.29. The van der Waals surface area contributed by atoms with E-state index in [1.54, 1.807) is 6.20 Å². The third-order valence-electron chi connectivity index (χ3n) is 3.44. The third kappa shape index (κ3) is 3.67. The van der Waals surface area contributed by atoms with Gasteiger partial charge in [0.15, 0.2) is 0 Å². The van der Waals surface area contributed by atoms with Gasteiger partial charge in [0.2, 0.25) is 0 Å². The first-order valence-corrected chi connectivity index (χ1v) is 7.20. The van der Waals surface area contributed by atoms with Crippen molar-refractivity contribution in [3.63, 3.8) is 0 Å². The van der Waals surface area contributed by atoms with Crippen LogP contribution in [0.15, 0.2) is 24.5 Å². The first kappa shape index (κ1) is 14.7. The summed E-state index contributed by atoms with van der Waals surface area (Å²) >= 11 is 0. The molecule has 0 aliphatic heterocycles. The van der Waals surface area contributed by atoms with E-state index in [1.165, 1.54) is 16.8 Å². The molecule has 0 atom stereocenters. The van der Waals surface area contributed by atoms with Crippen LogP contribution in [-0.4, -0.2) is 21.3 Å². The Labute approximate surface area is 121 Å². The maximum absolute atomic E-state index is 4.65. The minimum atomic E-state index is 0.668. The molecule has 0 amide bonds. The van der Waals surface area contributed by atoms with Crippen molar-refractivity contribution in [2.75, 3.05) is 6.54 Å². The first-order valence-electron chi connectivity index (χ1n) is 7.20. The van der Waals surface area contributed by atoms with Gasteiger partial charge < -0.3 is 5.32 Å². The molecule has 0 radical (unpaired) electrons. The van der Waals surface area contributed by atoms with Crippen molar-refractivity contribution in [1.82, 2.24) is 20.1 Å². The van der Waals surface area contributed by atoms with Crippen molar-refractivity contribution < 1.29 is 0 Å². The van der Waals surface area contributed by atoms with Crippen LogP contribution in [-0.2, 0) is 13.1 Å². The van der Waals surface area contributed by atoms with E-state index in [4.69, 9.17) is 0 Å². The van der Waals surface area contributed by atoms with E-state index in [0.29, 0.717) is 5.92 Å². The molecule has 0 unspecified atom stereocenters. The number of aromatic nitrogens is 3. The number of nitrogens with one attached hydrogen (secondary N) is 1. The summed E-state index contributed by atoms with van der Waals surface area (Å²) in [6.07, 6.45) is 3.69. The van der Waals surface area contributed by atoms with Gasteiger partial charge in [-0.2, -0.15) is 5.10 Å². The van der Waals surface area contributed by atoms with E-state index >= 15 is 0 Å². The number of nitrogens with zero attached hydrogens (tertiary/aromatic N) is 3. The van der Waals surface area contributed by atoms with Gasteiger partial charge in [0.1, 0.15) is 0 Å². The van der Waals surface area contributed by atoms with Gasteiger partial charge in [0, 0.05) is 30.2 Å². The maximum Gasteiger partial charge on any atom is 0.0677 e. The smallest absolute Gasteiger partial charge is 0.0677 e. The summed E-state index contributed by atoms with van der Waals surface area (Å²) < 4.78 is 2.07. The fourth-order valence-electron chi connectivity index (χ4n) is 2.29. The predicted octanol–water partition coefficient (Wildman–Crippen LogP) is 2.69. The molecule has 0 saturated carbocycles. The Hall–Kier alpha value is -1.68. The molecule has 2 aromatic rings. The van der Waals surface area contributed by atoms with Crippen molar-refractivity contribution in [2.24, 2.45) is 5.92 Å². The molecule has 0 aliphatic rings. The van der Waals surface area contributed by atoms with Crippen molar-refractivity contribution >= 4 is 0 Å². The summed E-state index contributed by atoms with van der Waals surface area (Å²) in [5.41, 5.74) is 4.85. The quantitative estimate of drug-likeness (QED) is 0.879. The van der Waals surface area contributed by atoms with Gasteiger partial charge in [-0.05, 0) is 37.9 Å². The first-order chi connectivity index (χ1) is 9.58. The van der Waals surface area contributed by atoms with Gasteiger partial charge in [0.05, 0.1) is 12.2 Å². The Morgan fingerprint density at radius 3 is 2.75 bits per heavy atom. The summed E-state index contributed by atoms with van der Waals surface area (Å²) in [5, 5.41) is 8.15. The Morgan fingerprint density at radius 1 is 1.30 bits per heavy atom. The minimum absolute atomic E-state index is 0.668. The van der Waals surface area contributed by atoms with E-state index in [0.717, 1.165) is 25.3 Å². The number of rotatable bonds is 6.